The maximum absolute atomic E-state index is 12.7. The third-order valence-corrected chi connectivity index (χ3v) is 5.63. The van der Waals surface area contributed by atoms with Gasteiger partial charge >= 0.3 is 0 Å². The number of anilines is 1. The normalized spacial score (nSPS) is 18.1. The summed E-state index contributed by atoms with van der Waals surface area (Å²) in [6.07, 6.45) is 12.4. The van der Waals surface area contributed by atoms with Crippen LogP contribution >= 0.6 is 0 Å². The molecule has 0 spiro atoms. The van der Waals surface area contributed by atoms with E-state index in [-0.39, 0.29) is 5.91 Å². The summed E-state index contributed by atoms with van der Waals surface area (Å²) in [6.45, 7) is 8.46. The van der Waals surface area contributed by atoms with Crippen LogP contribution in [0.1, 0.15) is 55.2 Å². The van der Waals surface area contributed by atoms with Crippen LogP contribution in [0.15, 0.2) is 31.4 Å². The number of phenolic OH excluding ortho intramolecular Hbond substituents is 1. The smallest absolute Gasteiger partial charge is 0.227 e. The molecule has 3 heteroatoms. The Morgan fingerprint density at radius 2 is 1.84 bits per heavy atom. The molecule has 1 aliphatic heterocycles. The molecule has 0 atom stereocenters. The second kappa shape index (κ2) is 7.90. The van der Waals surface area contributed by atoms with Gasteiger partial charge in [0.05, 0.1) is 0 Å². The molecule has 1 heterocycles. The molecule has 0 saturated heterocycles. The van der Waals surface area contributed by atoms with Gasteiger partial charge in [0.15, 0.2) is 0 Å². The number of hydrogen-bond donors (Lipinski definition) is 1. The number of carbonyl (C=O) groups excluding carboxylic acids is 1. The van der Waals surface area contributed by atoms with E-state index in [4.69, 9.17) is 0 Å². The molecule has 3 nitrogen and oxygen atoms in total. The third kappa shape index (κ3) is 3.65. The molecule has 0 radical (unpaired) electrons. The monoisotopic (exact) mass is 339 g/mol. The van der Waals surface area contributed by atoms with Crippen LogP contribution in [0, 0.1) is 5.92 Å². The van der Waals surface area contributed by atoms with E-state index in [1.807, 2.05) is 17.0 Å². The molecule has 1 amide bonds. The van der Waals surface area contributed by atoms with E-state index in [9.17, 15) is 9.90 Å². The highest BCUT2D eigenvalue weighted by atomic mass is 16.3. The van der Waals surface area contributed by atoms with Gasteiger partial charge in [-0.2, -0.15) is 0 Å². The van der Waals surface area contributed by atoms with Crippen molar-refractivity contribution >= 4 is 11.6 Å². The highest BCUT2D eigenvalue weighted by Gasteiger charge is 2.30. The van der Waals surface area contributed by atoms with E-state index in [0.29, 0.717) is 37.4 Å². The van der Waals surface area contributed by atoms with Crippen LogP contribution in [0.3, 0.4) is 0 Å². The second-order valence-electron chi connectivity index (χ2n) is 7.35. The number of phenols is 1. The van der Waals surface area contributed by atoms with Crippen molar-refractivity contribution in [3.05, 3.63) is 48.1 Å². The molecule has 0 unspecified atom stereocenters. The zero-order valence-electron chi connectivity index (χ0n) is 15.1. The van der Waals surface area contributed by atoms with Gasteiger partial charge in [-0.05, 0) is 55.2 Å². The maximum atomic E-state index is 12.7. The maximum Gasteiger partial charge on any atom is 0.227 e. The predicted octanol–water partition coefficient (Wildman–Crippen LogP) is 4.71. The lowest BCUT2D eigenvalue weighted by molar-refractivity contribution is -0.119. The lowest BCUT2D eigenvalue weighted by Gasteiger charge is -2.35. The molecule has 0 bridgehead atoms. The van der Waals surface area contributed by atoms with Crippen molar-refractivity contribution in [2.45, 2.75) is 57.8 Å². The summed E-state index contributed by atoms with van der Waals surface area (Å²) < 4.78 is 0. The third-order valence-electron chi connectivity index (χ3n) is 5.63. The Bertz CT molecular complexity index is 671. The van der Waals surface area contributed by atoms with Crippen LogP contribution in [-0.4, -0.2) is 17.6 Å². The Labute approximate surface area is 151 Å². The Morgan fingerprint density at radius 1 is 1.12 bits per heavy atom. The largest absolute Gasteiger partial charge is 0.507 e. The highest BCUT2D eigenvalue weighted by molar-refractivity contribution is 5.97. The van der Waals surface area contributed by atoms with Crippen molar-refractivity contribution < 1.29 is 9.90 Å². The summed E-state index contributed by atoms with van der Waals surface area (Å²) in [5.41, 5.74) is 3.92. The van der Waals surface area contributed by atoms with Crippen molar-refractivity contribution in [3.8, 4) is 5.75 Å². The van der Waals surface area contributed by atoms with Gasteiger partial charge in [-0.3, -0.25) is 4.79 Å². The molecule has 3 rings (SSSR count). The zero-order chi connectivity index (χ0) is 17.8. The van der Waals surface area contributed by atoms with Gasteiger partial charge < -0.3 is 10.0 Å². The van der Waals surface area contributed by atoms with Gasteiger partial charge in [-0.1, -0.05) is 31.4 Å². The van der Waals surface area contributed by atoms with Crippen LogP contribution < -0.4 is 4.90 Å². The first-order valence-corrected chi connectivity index (χ1v) is 9.54. The predicted molar refractivity (Wildman–Crippen MR) is 103 cm³/mol. The quantitative estimate of drug-likeness (QED) is 0.763. The van der Waals surface area contributed by atoms with E-state index >= 15 is 0 Å². The number of allylic oxidation sites excluding steroid dienone is 2. The van der Waals surface area contributed by atoms with Crippen LogP contribution in [0.2, 0.25) is 0 Å². The Kier molecular flexibility index (Phi) is 5.62. The second-order valence-corrected chi connectivity index (χ2v) is 7.35. The van der Waals surface area contributed by atoms with Gasteiger partial charge in [0.2, 0.25) is 5.91 Å². The summed E-state index contributed by atoms with van der Waals surface area (Å²) in [4.78, 5) is 14.7. The van der Waals surface area contributed by atoms with Gasteiger partial charge in [0, 0.05) is 24.2 Å². The van der Waals surface area contributed by atoms with Crippen LogP contribution in [0.4, 0.5) is 5.69 Å². The molecule has 2 aliphatic rings. The summed E-state index contributed by atoms with van der Waals surface area (Å²) in [5, 5.41) is 10.7. The molecule has 0 aromatic heterocycles. The molecule has 1 N–H and O–H groups in total. The molecule has 1 fully saturated rings. The molecular formula is C22H29NO2. The van der Waals surface area contributed by atoms with Crippen molar-refractivity contribution in [2.24, 2.45) is 5.92 Å². The van der Waals surface area contributed by atoms with Crippen LogP contribution in [0.25, 0.3) is 0 Å². The van der Waals surface area contributed by atoms with Crippen LogP contribution in [-0.2, 0) is 24.1 Å². The standard InChI is InChI=1S/C22H29NO2/c1-3-8-17-14-20-18(19(9-4-2)22(17)25)12-13-21(24)23(20)15-16-10-6-5-7-11-16/h3-4,14,16,25H,1-2,5-13,15H2. The van der Waals surface area contributed by atoms with E-state index < -0.39 is 0 Å². The van der Waals surface area contributed by atoms with E-state index in [1.165, 1.54) is 32.1 Å². The van der Waals surface area contributed by atoms with E-state index in [2.05, 4.69) is 13.2 Å². The summed E-state index contributed by atoms with van der Waals surface area (Å²) >= 11 is 0. The Morgan fingerprint density at radius 3 is 2.52 bits per heavy atom. The average Bonchev–Trinajstić information content (AvgIpc) is 2.62. The van der Waals surface area contributed by atoms with Gasteiger partial charge in [0.25, 0.3) is 0 Å². The number of amides is 1. The fraction of sp³-hybridized carbons (Fsp3) is 0.500. The van der Waals surface area contributed by atoms with Crippen molar-refractivity contribution in [1.82, 2.24) is 0 Å². The molecule has 1 aliphatic carbocycles. The number of hydrogen-bond acceptors (Lipinski definition) is 2. The lowest BCUT2D eigenvalue weighted by atomic mass is 9.86. The van der Waals surface area contributed by atoms with Crippen molar-refractivity contribution in [3.63, 3.8) is 0 Å². The van der Waals surface area contributed by atoms with Crippen molar-refractivity contribution in [2.75, 3.05) is 11.4 Å². The molecule has 134 valence electrons. The molecule has 1 aromatic carbocycles. The number of nitrogens with zero attached hydrogens (tertiary/aromatic N) is 1. The number of benzene rings is 1. The SMILES string of the molecule is C=CCc1cc2c(c(CC=C)c1O)CCC(=O)N2CC1CCCCC1. The molecular weight excluding hydrogens is 310 g/mol. The summed E-state index contributed by atoms with van der Waals surface area (Å²) in [6, 6.07) is 2.01. The van der Waals surface area contributed by atoms with Gasteiger partial charge in [0.1, 0.15) is 5.75 Å². The first-order chi connectivity index (χ1) is 12.2. The summed E-state index contributed by atoms with van der Waals surface area (Å²) in [7, 11) is 0. The Hall–Kier alpha value is -2.03. The first-order valence-electron chi connectivity index (χ1n) is 9.54. The summed E-state index contributed by atoms with van der Waals surface area (Å²) in [5.74, 6) is 1.17. The van der Waals surface area contributed by atoms with Crippen LogP contribution in [0.5, 0.6) is 5.75 Å². The molecule has 1 saturated carbocycles. The van der Waals surface area contributed by atoms with Gasteiger partial charge in [-0.15, -0.1) is 13.2 Å². The van der Waals surface area contributed by atoms with E-state index in [1.54, 1.807) is 6.08 Å². The number of aromatic hydroxyl groups is 1. The fourth-order valence-corrected chi connectivity index (χ4v) is 4.34. The number of fused-ring (bicyclic) bond motifs is 1. The molecule has 25 heavy (non-hydrogen) atoms. The zero-order valence-corrected chi connectivity index (χ0v) is 15.1. The minimum Gasteiger partial charge on any atom is -0.507 e. The molecule has 1 aromatic rings. The Balaban J connectivity index is 2.01. The number of rotatable bonds is 6. The topological polar surface area (TPSA) is 40.5 Å². The minimum atomic E-state index is 0.220. The first kappa shape index (κ1) is 17.8. The highest BCUT2D eigenvalue weighted by Crippen LogP contribution is 2.40. The lowest BCUT2D eigenvalue weighted by Crippen LogP contribution is -2.39. The minimum absolute atomic E-state index is 0.220. The average molecular weight is 339 g/mol. The number of carbonyl (C=O) groups is 1. The van der Waals surface area contributed by atoms with Gasteiger partial charge in [-0.25, -0.2) is 0 Å². The van der Waals surface area contributed by atoms with E-state index in [0.717, 1.165) is 28.9 Å². The fourth-order valence-electron chi connectivity index (χ4n) is 4.34. The van der Waals surface area contributed by atoms with Crippen molar-refractivity contribution in [1.29, 1.82) is 0 Å².